The normalized spacial score (nSPS) is 14.9. The van der Waals surface area contributed by atoms with Gasteiger partial charge in [-0.1, -0.05) is 67.6 Å². The van der Waals surface area contributed by atoms with Crippen LogP contribution in [0.2, 0.25) is 0 Å². The van der Waals surface area contributed by atoms with Crippen molar-refractivity contribution in [2.75, 3.05) is 7.11 Å². The molecule has 0 aromatic heterocycles. The Morgan fingerprint density at radius 1 is 0.958 bits per heavy atom. The SMILES string of the molecule is COC(=O)[C@H](C)[C@@H](C)N(Cc1ccccc1)[C@H](C)c1ccccc1. The highest BCUT2D eigenvalue weighted by atomic mass is 16.5. The molecule has 0 amide bonds. The maximum absolute atomic E-state index is 12.0. The lowest BCUT2D eigenvalue weighted by Gasteiger charge is -2.37. The van der Waals surface area contributed by atoms with Crippen LogP contribution < -0.4 is 0 Å². The molecule has 0 spiro atoms. The van der Waals surface area contributed by atoms with Gasteiger partial charge in [-0.15, -0.1) is 0 Å². The van der Waals surface area contributed by atoms with E-state index in [1.807, 2.05) is 19.1 Å². The summed E-state index contributed by atoms with van der Waals surface area (Å²) in [6, 6.07) is 21.1. The number of rotatable bonds is 7. The molecule has 24 heavy (non-hydrogen) atoms. The Morgan fingerprint density at radius 2 is 1.50 bits per heavy atom. The number of esters is 1. The van der Waals surface area contributed by atoms with Crippen LogP contribution >= 0.6 is 0 Å². The van der Waals surface area contributed by atoms with E-state index in [-0.39, 0.29) is 24.0 Å². The second kappa shape index (κ2) is 8.65. The highest BCUT2D eigenvalue weighted by molar-refractivity contribution is 5.72. The molecule has 0 aliphatic carbocycles. The van der Waals surface area contributed by atoms with Gasteiger partial charge in [-0.05, 0) is 25.0 Å². The van der Waals surface area contributed by atoms with Crippen molar-refractivity contribution in [3.63, 3.8) is 0 Å². The van der Waals surface area contributed by atoms with Crippen LogP contribution in [0.5, 0.6) is 0 Å². The fourth-order valence-electron chi connectivity index (χ4n) is 3.02. The van der Waals surface area contributed by atoms with E-state index in [1.165, 1.54) is 18.2 Å². The van der Waals surface area contributed by atoms with Crippen molar-refractivity contribution in [1.82, 2.24) is 4.90 Å². The van der Waals surface area contributed by atoms with E-state index in [0.717, 1.165) is 6.54 Å². The summed E-state index contributed by atoms with van der Waals surface area (Å²) in [5.41, 5.74) is 2.49. The molecular formula is C21H27NO2. The largest absolute Gasteiger partial charge is 0.469 e. The lowest BCUT2D eigenvalue weighted by molar-refractivity contribution is -0.147. The highest BCUT2D eigenvalue weighted by Crippen LogP contribution is 2.28. The van der Waals surface area contributed by atoms with Gasteiger partial charge < -0.3 is 4.74 Å². The van der Waals surface area contributed by atoms with E-state index in [9.17, 15) is 4.79 Å². The molecule has 128 valence electrons. The van der Waals surface area contributed by atoms with Crippen molar-refractivity contribution in [3.8, 4) is 0 Å². The Morgan fingerprint density at radius 3 is 2.04 bits per heavy atom. The van der Waals surface area contributed by atoms with Crippen molar-refractivity contribution >= 4 is 5.97 Å². The molecule has 0 unspecified atom stereocenters. The molecule has 0 saturated carbocycles. The van der Waals surface area contributed by atoms with Crippen LogP contribution in [0.25, 0.3) is 0 Å². The maximum Gasteiger partial charge on any atom is 0.309 e. The zero-order valence-corrected chi connectivity index (χ0v) is 15.0. The highest BCUT2D eigenvalue weighted by Gasteiger charge is 2.30. The van der Waals surface area contributed by atoms with Crippen molar-refractivity contribution in [3.05, 3.63) is 71.8 Å². The topological polar surface area (TPSA) is 29.5 Å². The summed E-state index contributed by atoms with van der Waals surface area (Å²) in [6.45, 7) is 7.02. The Balaban J connectivity index is 2.28. The molecule has 3 heteroatoms. The van der Waals surface area contributed by atoms with Gasteiger partial charge in [0.1, 0.15) is 0 Å². The molecule has 0 fully saturated rings. The molecule has 2 aromatic rings. The third kappa shape index (κ3) is 4.45. The van der Waals surface area contributed by atoms with Crippen molar-refractivity contribution < 1.29 is 9.53 Å². The Hall–Kier alpha value is -2.13. The first-order chi connectivity index (χ1) is 11.5. The molecule has 0 N–H and O–H groups in total. The van der Waals surface area contributed by atoms with Gasteiger partial charge in [0.2, 0.25) is 0 Å². The van der Waals surface area contributed by atoms with Crippen molar-refractivity contribution in [2.45, 2.75) is 39.4 Å². The molecule has 2 rings (SSSR count). The molecule has 0 radical (unpaired) electrons. The molecule has 2 aromatic carbocycles. The van der Waals surface area contributed by atoms with Gasteiger partial charge in [-0.2, -0.15) is 0 Å². The number of hydrogen-bond donors (Lipinski definition) is 0. The van der Waals surface area contributed by atoms with Crippen LogP contribution in [0.4, 0.5) is 0 Å². The molecule has 0 saturated heterocycles. The van der Waals surface area contributed by atoms with E-state index in [1.54, 1.807) is 0 Å². The predicted molar refractivity (Wildman–Crippen MR) is 97.5 cm³/mol. The number of benzene rings is 2. The van der Waals surface area contributed by atoms with Gasteiger partial charge in [0, 0.05) is 18.6 Å². The van der Waals surface area contributed by atoms with Crippen LogP contribution in [0.1, 0.15) is 37.9 Å². The zero-order valence-electron chi connectivity index (χ0n) is 15.0. The van der Waals surface area contributed by atoms with Gasteiger partial charge in [-0.3, -0.25) is 9.69 Å². The third-order valence-electron chi connectivity index (χ3n) is 4.81. The van der Waals surface area contributed by atoms with Gasteiger partial charge in [0.25, 0.3) is 0 Å². The third-order valence-corrected chi connectivity index (χ3v) is 4.81. The molecule has 3 nitrogen and oxygen atoms in total. The van der Waals surface area contributed by atoms with Crippen LogP contribution in [-0.4, -0.2) is 24.0 Å². The Bertz CT molecular complexity index is 627. The number of carbonyl (C=O) groups is 1. The summed E-state index contributed by atoms with van der Waals surface area (Å²) >= 11 is 0. The molecule has 0 aliphatic heterocycles. The van der Waals surface area contributed by atoms with E-state index in [4.69, 9.17) is 4.74 Å². The second-order valence-corrected chi connectivity index (χ2v) is 6.30. The number of ether oxygens (including phenoxy) is 1. The Kier molecular flexibility index (Phi) is 6.56. The van der Waals surface area contributed by atoms with E-state index in [2.05, 4.69) is 67.3 Å². The van der Waals surface area contributed by atoms with Gasteiger partial charge in [-0.25, -0.2) is 0 Å². The lowest BCUT2D eigenvalue weighted by Crippen LogP contribution is -2.42. The first-order valence-electron chi connectivity index (χ1n) is 8.47. The maximum atomic E-state index is 12.0. The van der Waals surface area contributed by atoms with Crippen LogP contribution in [-0.2, 0) is 16.1 Å². The smallest absolute Gasteiger partial charge is 0.309 e. The molecule has 0 heterocycles. The van der Waals surface area contributed by atoms with Crippen LogP contribution in [0.15, 0.2) is 60.7 Å². The summed E-state index contributed by atoms with van der Waals surface area (Å²) in [6.07, 6.45) is 0. The van der Waals surface area contributed by atoms with Gasteiger partial charge in [0.15, 0.2) is 0 Å². The predicted octanol–water partition coefficient (Wildman–Crippen LogP) is 4.45. The number of nitrogens with zero attached hydrogens (tertiary/aromatic N) is 1. The minimum absolute atomic E-state index is 0.0628. The van der Waals surface area contributed by atoms with E-state index < -0.39 is 0 Å². The number of methoxy groups -OCH3 is 1. The number of carbonyl (C=O) groups excluding carboxylic acids is 1. The summed E-state index contributed by atoms with van der Waals surface area (Å²) in [5.74, 6) is -0.356. The van der Waals surface area contributed by atoms with Crippen LogP contribution in [0, 0.1) is 5.92 Å². The van der Waals surface area contributed by atoms with Gasteiger partial charge in [0.05, 0.1) is 13.0 Å². The number of hydrogen-bond acceptors (Lipinski definition) is 3. The van der Waals surface area contributed by atoms with Crippen LogP contribution in [0.3, 0.4) is 0 Å². The molecule has 0 bridgehead atoms. The average molecular weight is 325 g/mol. The van der Waals surface area contributed by atoms with Crippen molar-refractivity contribution in [1.29, 1.82) is 0 Å². The first-order valence-corrected chi connectivity index (χ1v) is 8.47. The second-order valence-electron chi connectivity index (χ2n) is 6.30. The fourth-order valence-corrected chi connectivity index (χ4v) is 3.02. The van der Waals surface area contributed by atoms with Gasteiger partial charge >= 0.3 is 5.97 Å². The minimum Gasteiger partial charge on any atom is -0.469 e. The average Bonchev–Trinajstić information content (AvgIpc) is 2.65. The van der Waals surface area contributed by atoms with E-state index >= 15 is 0 Å². The summed E-state index contributed by atoms with van der Waals surface area (Å²) in [7, 11) is 1.45. The minimum atomic E-state index is -0.190. The Labute approximate surface area is 145 Å². The monoisotopic (exact) mass is 325 g/mol. The first kappa shape index (κ1) is 18.2. The summed E-state index contributed by atoms with van der Waals surface area (Å²) in [5, 5.41) is 0. The fraction of sp³-hybridized carbons (Fsp3) is 0.381. The lowest BCUT2D eigenvalue weighted by atomic mass is 9.97. The van der Waals surface area contributed by atoms with Crippen molar-refractivity contribution in [2.24, 2.45) is 5.92 Å². The molecule has 3 atom stereocenters. The quantitative estimate of drug-likeness (QED) is 0.705. The molecule has 0 aliphatic rings. The van der Waals surface area contributed by atoms with E-state index in [0.29, 0.717) is 0 Å². The standard InChI is InChI=1S/C21H27NO2/c1-16(21(23)24-4)17(2)22(15-19-11-7-5-8-12-19)18(3)20-13-9-6-10-14-20/h5-14,16-18H,15H2,1-4H3/t16-,17-,18-/m1/s1. The zero-order chi connectivity index (χ0) is 17.5. The summed E-state index contributed by atoms with van der Waals surface area (Å²) in [4.78, 5) is 14.4. The summed E-state index contributed by atoms with van der Waals surface area (Å²) < 4.78 is 4.95. The molecular weight excluding hydrogens is 298 g/mol.